The first-order chi connectivity index (χ1) is 18.0. The number of hydrogen-bond donors (Lipinski definition) is 2. The lowest BCUT2D eigenvalue weighted by Gasteiger charge is -2.41. The van der Waals surface area contributed by atoms with Gasteiger partial charge in [-0.25, -0.2) is 23.0 Å². The van der Waals surface area contributed by atoms with E-state index in [9.17, 15) is 23.2 Å². The summed E-state index contributed by atoms with van der Waals surface area (Å²) in [6.07, 6.45) is -0.766. The minimum Gasteiger partial charge on any atom is -0.488 e. The molecule has 1 heterocycles. The first kappa shape index (κ1) is 27.0. The molecule has 3 aromatic rings. The highest BCUT2D eigenvalue weighted by Crippen LogP contribution is 2.39. The second-order valence-electron chi connectivity index (χ2n) is 9.62. The highest BCUT2D eigenvalue weighted by atomic mass is 32.2. The summed E-state index contributed by atoms with van der Waals surface area (Å²) in [6.45, 7) is 5.22. The summed E-state index contributed by atoms with van der Waals surface area (Å²) in [5.74, 6) is -0.524. The molecule has 0 spiro atoms. The van der Waals surface area contributed by atoms with Gasteiger partial charge in [-0.05, 0) is 62.7 Å². The van der Waals surface area contributed by atoms with E-state index in [0.717, 1.165) is 9.87 Å². The van der Waals surface area contributed by atoms with Crippen LogP contribution in [0.25, 0.3) is 0 Å². The summed E-state index contributed by atoms with van der Waals surface area (Å²) in [6, 6.07) is 19.7. The normalized spacial score (nSPS) is 15.4. The number of hydroxylamine groups is 1. The van der Waals surface area contributed by atoms with Gasteiger partial charge in [0.25, 0.3) is 15.9 Å². The van der Waals surface area contributed by atoms with Crippen molar-refractivity contribution in [1.82, 2.24) is 5.48 Å². The fraction of sp³-hybridized carbons (Fsp3) is 0.259. The maximum atomic E-state index is 13.9. The summed E-state index contributed by atoms with van der Waals surface area (Å²) in [4.78, 5) is 26.9. The number of hydrogen-bond acceptors (Lipinski definition) is 7. The van der Waals surface area contributed by atoms with E-state index in [2.05, 4.69) is 0 Å². The van der Waals surface area contributed by atoms with Gasteiger partial charge in [0.1, 0.15) is 24.0 Å². The van der Waals surface area contributed by atoms with E-state index in [4.69, 9.17) is 9.47 Å². The monoisotopic (exact) mass is 539 g/mol. The Hall–Kier alpha value is -4.09. The van der Waals surface area contributed by atoms with Gasteiger partial charge in [-0.1, -0.05) is 42.5 Å². The molecule has 1 aliphatic heterocycles. The molecule has 3 aromatic carbocycles. The van der Waals surface area contributed by atoms with Crippen LogP contribution in [0.15, 0.2) is 83.8 Å². The number of carbonyl (C=O) groups is 2. The van der Waals surface area contributed by atoms with E-state index in [0.29, 0.717) is 5.75 Å². The Morgan fingerprint density at radius 2 is 1.55 bits per heavy atom. The van der Waals surface area contributed by atoms with Crippen LogP contribution in [0.4, 0.5) is 16.2 Å². The zero-order chi connectivity index (χ0) is 27.5. The van der Waals surface area contributed by atoms with E-state index in [1.54, 1.807) is 30.3 Å². The third kappa shape index (κ3) is 5.74. The average molecular weight is 540 g/mol. The molecule has 1 aliphatic rings. The molecule has 0 saturated heterocycles. The SMILES string of the molecule is CC(C)(C)Oc1ccc(S(=O)(=O)N2c3ccccc3N(C(=O)OCc3ccccc3)C[C@@H]2C(=O)NO)cc1. The quantitative estimate of drug-likeness (QED) is 0.357. The van der Waals surface area contributed by atoms with Crippen molar-refractivity contribution >= 4 is 33.4 Å². The van der Waals surface area contributed by atoms with Crippen molar-refractivity contribution in [2.24, 2.45) is 0 Å². The fourth-order valence-corrected chi connectivity index (χ4v) is 5.69. The van der Waals surface area contributed by atoms with Gasteiger partial charge >= 0.3 is 6.09 Å². The summed E-state index contributed by atoms with van der Waals surface area (Å²) in [7, 11) is -4.32. The Morgan fingerprint density at radius 1 is 0.947 bits per heavy atom. The molecule has 4 rings (SSSR count). The lowest BCUT2D eigenvalue weighted by atomic mass is 10.1. The van der Waals surface area contributed by atoms with Gasteiger partial charge in [0, 0.05) is 0 Å². The van der Waals surface area contributed by atoms with Crippen molar-refractivity contribution in [2.45, 2.75) is 43.9 Å². The third-order valence-corrected chi connectivity index (χ3v) is 7.53. The maximum absolute atomic E-state index is 13.9. The molecule has 0 radical (unpaired) electrons. The van der Waals surface area contributed by atoms with Crippen LogP contribution < -0.4 is 19.4 Å². The van der Waals surface area contributed by atoms with E-state index in [1.165, 1.54) is 40.7 Å². The van der Waals surface area contributed by atoms with Gasteiger partial charge in [-0.15, -0.1) is 0 Å². The Labute approximate surface area is 221 Å². The van der Waals surface area contributed by atoms with Crippen LogP contribution >= 0.6 is 0 Å². The highest BCUT2D eigenvalue weighted by Gasteiger charge is 2.44. The summed E-state index contributed by atoms with van der Waals surface area (Å²) in [5.41, 5.74) is 2.14. The first-order valence-electron chi connectivity index (χ1n) is 11.9. The smallest absolute Gasteiger partial charge is 0.414 e. The van der Waals surface area contributed by atoms with E-state index in [1.807, 2.05) is 39.0 Å². The van der Waals surface area contributed by atoms with Gasteiger partial charge in [0.05, 0.1) is 22.8 Å². The van der Waals surface area contributed by atoms with Crippen LogP contribution in [-0.2, 0) is 26.2 Å². The van der Waals surface area contributed by atoms with Crippen molar-refractivity contribution < 1.29 is 32.7 Å². The zero-order valence-corrected chi connectivity index (χ0v) is 22.0. The molecule has 10 nitrogen and oxygen atoms in total. The van der Waals surface area contributed by atoms with Crippen LogP contribution in [0.5, 0.6) is 5.75 Å². The first-order valence-corrected chi connectivity index (χ1v) is 13.3. The van der Waals surface area contributed by atoms with Crippen molar-refractivity contribution in [1.29, 1.82) is 0 Å². The number of fused-ring (bicyclic) bond motifs is 1. The molecule has 38 heavy (non-hydrogen) atoms. The predicted molar refractivity (Wildman–Crippen MR) is 141 cm³/mol. The predicted octanol–water partition coefficient (Wildman–Crippen LogP) is 4.09. The topological polar surface area (TPSA) is 125 Å². The van der Waals surface area contributed by atoms with Gasteiger partial charge in [-0.2, -0.15) is 0 Å². The van der Waals surface area contributed by atoms with E-state index < -0.39 is 33.7 Å². The highest BCUT2D eigenvalue weighted by molar-refractivity contribution is 7.93. The number of anilines is 2. The molecule has 2 amide bonds. The molecule has 0 aromatic heterocycles. The van der Waals surface area contributed by atoms with Crippen molar-refractivity contribution in [3.63, 3.8) is 0 Å². The Balaban J connectivity index is 1.70. The summed E-state index contributed by atoms with van der Waals surface area (Å²) in [5, 5.41) is 9.44. The molecule has 0 saturated carbocycles. The number of benzene rings is 3. The molecule has 1 atom stereocenters. The van der Waals surface area contributed by atoms with Crippen LogP contribution in [-0.4, -0.2) is 43.8 Å². The number of carbonyl (C=O) groups excluding carboxylic acids is 2. The molecule has 0 unspecified atom stereocenters. The maximum Gasteiger partial charge on any atom is 0.414 e. The molecule has 0 aliphatic carbocycles. The Bertz CT molecular complexity index is 1400. The molecule has 200 valence electrons. The number of para-hydroxylation sites is 2. The lowest BCUT2D eigenvalue weighted by Crippen LogP contribution is -2.58. The average Bonchev–Trinajstić information content (AvgIpc) is 2.90. The Kier molecular flexibility index (Phi) is 7.61. The van der Waals surface area contributed by atoms with Crippen molar-refractivity contribution in [2.75, 3.05) is 15.7 Å². The van der Waals surface area contributed by atoms with Crippen LogP contribution in [0.3, 0.4) is 0 Å². The van der Waals surface area contributed by atoms with Gasteiger partial charge in [-0.3, -0.25) is 14.9 Å². The molecule has 0 bridgehead atoms. The van der Waals surface area contributed by atoms with Crippen molar-refractivity contribution in [3.05, 3.63) is 84.4 Å². The van der Waals surface area contributed by atoms with Gasteiger partial charge in [0.15, 0.2) is 0 Å². The summed E-state index contributed by atoms with van der Waals surface area (Å²) < 4.78 is 39.9. The van der Waals surface area contributed by atoms with E-state index >= 15 is 0 Å². The molecule has 11 heteroatoms. The minimum absolute atomic E-state index is 0.0137. The standard InChI is InChI=1S/C27H29N3O7S/c1-27(2,3)37-20-13-15-21(16-14-20)38(34,35)30-23-12-8-7-11-22(23)29(17-24(30)25(31)28-33)26(32)36-18-19-9-5-4-6-10-19/h4-16,24,33H,17-18H2,1-3H3,(H,28,31)/t24-/m1/s1. The largest absolute Gasteiger partial charge is 0.488 e. The lowest BCUT2D eigenvalue weighted by molar-refractivity contribution is -0.130. The second kappa shape index (κ2) is 10.7. The number of nitrogens with zero attached hydrogens (tertiary/aromatic N) is 2. The van der Waals surface area contributed by atoms with Gasteiger partial charge < -0.3 is 9.47 Å². The molecule has 0 fully saturated rings. The van der Waals surface area contributed by atoms with Crippen molar-refractivity contribution in [3.8, 4) is 5.75 Å². The fourth-order valence-electron chi connectivity index (χ4n) is 4.07. The number of sulfonamides is 1. The molecule has 2 N–H and O–H groups in total. The summed E-state index contributed by atoms with van der Waals surface area (Å²) >= 11 is 0. The van der Waals surface area contributed by atoms with Gasteiger partial charge in [0.2, 0.25) is 0 Å². The number of amides is 2. The second-order valence-corrected chi connectivity index (χ2v) is 11.4. The number of nitrogens with one attached hydrogen (secondary N) is 1. The number of rotatable bonds is 6. The van der Waals surface area contributed by atoms with Crippen LogP contribution in [0.2, 0.25) is 0 Å². The van der Waals surface area contributed by atoms with E-state index in [-0.39, 0.29) is 29.4 Å². The minimum atomic E-state index is -4.32. The molecular weight excluding hydrogens is 510 g/mol. The van der Waals surface area contributed by atoms with Crippen LogP contribution in [0.1, 0.15) is 26.3 Å². The van der Waals surface area contributed by atoms with Crippen LogP contribution in [0, 0.1) is 0 Å². The zero-order valence-electron chi connectivity index (χ0n) is 21.2. The Morgan fingerprint density at radius 3 is 2.16 bits per heavy atom. The third-order valence-electron chi connectivity index (χ3n) is 5.69. The molecular formula is C27H29N3O7S. The number of ether oxygens (including phenoxy) is 2.